The summed E-state index contributed by atoms with van der Waals surface area (Å²) in [7, 11) is 3.15. The van der Waals surface area contributed by atoms with E-state index in [0.29, 0.717) is 51.1 Å². The Balaban J connectivity index is 1.37. The van der Waals surface area contributed by atoms with Crippen LogP contribution < -0.4 is 29.6 Å². The van der Waals surface area contributed by atoms with Gasteiger partial charge in [-0.1, -0.05) is 18.7 Å². The van der Waals surface area contributed by atoms with E-state index < -0.39 is 0 Å². The minimum atomic E-state index is -0.265. The topological polar surface area (TPSA) is 95.1 Å². The van der Waals surface area contributed by atoms with Gasteiger partial charge in [0.2, 0.25) is 0 Å². The van der Waals surface area contributed by atoms with Crippen molar-refractivity contribution in [3.63, 3.8) is 0 Å². The second-order valence-electron chi connectivity index (χ2n) is 9.69. The molecule has 0 spiro atoms. The maximum absolute atomic E-state index is 12.8. The molecule has 0 bridgehead atoms. The van der Waals surface area contributed by atoms with Gasteiger partial charge in [0.15, 0.2) is 0 Å². The summed E-state index contributed by atoms with van der Waals surface area (Å²) in [6, 6.07) is 24.8. The lowest BCUT2D eigenvalue weighted by molar-refractivity contribution is 0.101. The van der Waals surface area contributed by atoms with Gasteiger partial charge in [0.05, 0.1) is 25.6 Å². The maximum atomic E-state index is 12.8. The largest absolute Gasteiger partial charge is 0.497 e. The van der Waals surface area contributed by atoms with E-state index in [4.69, 9.17) is 18.9 Å². The van der Waals surface area contributed by atoms with Gasteiger partial charge in [-0.25, -0.2) is 0 Å². The molecule has 2 N–H and O–H groups in total. The summed E-state index contributed by atoms with van der Waals surface area (Å²) in [5, 5.41) is 5.85. The van der Waals surface area contributed by atoms with E-state index in [1.54, 1.807) is 74.9 Å². The standard InChI is InChI=1S/C34H34N2O6/c1-22-6-16-31(29(18-22)35-33(37)25-8-12-27(39-4)13-9-25)41-20-24(3)21-42-32-17-7-23(2)19-30(32)36-34(38)26-10-14-28(40-5)15-11-26/h6-19H,3,20-21H2,1-2,4-5H3,(H,35,37)(H,36,38). The Morgan fingerprint density at radius 3 is 1.36 bits per heavy atom. The monoisotopic (exact) mass is 566 g/mol. The number of ether oxygens (including phenoxy) is 4. The number of benzene rings is 4. The van der Waals surface area contributed by atoms with Gasteiger partial charge in [-0.05, 0) is 103 Å². The van der Waals surface area contributed by atoms with Crippen molar-refractivity contribution in [1.82, 2.24) is 0 Å². The Bertz CT molecular complexity index is 1450. The van der Waals surface area contributed by atoms with E-state index >= 15 is 0 Å². The molecule has 0 aliphatic heterocycles. The van der Waals surface area contributed by atoms with Gasteiger partial charge in [0.1, 0.15) is 36.2 Å². The molecule has 0 atom stereocenters. The zero-order chi connectivity index (χ0) is 30.1. The number of amides is 2. The second-order valence-corrected chi connectivity index (χ2v) is 9.69. The lowest BCUT2D eigenvalue weighted by atomic mass is 10.1. The first-order chi connectivity index (χ1) is 20.2. The van der Waals surface area contributed by atoms with Crippen LogP contribution in [0.5, 0.6) is 23.0 Å². The van der Waals surface area contributed by atoms with E-state index in [1.807, 2.05) is 38.1 Å². The summed E-state index contributed by atoms with van der Waals surface area (Å²) < 4.78 is 22.4. The first kappa shape index (κ1) is 29.7. The van der Waals surface area contributed by atoms with E-state index in [2.05, 4.69) is 17.2 Å². The quantitative estimate of drug-likeness (QED) is 0.182. The average molecular weight is 567 g/mol. The van der Waals surface area contributed by atoms with E-state index in [1.165, 1.54) is 0 Å². The molecular weight excluding hydrogens is 532 g/mol. The van der Waals surface area contributed by atoms with Crippen LogP contribution in [0.1, 0.15) is 31.8 Å². The number of methoxy groups -OCH3 is 2. The zero-order valence-electron chi connectivity index (χ0n) is 24.2. The number of rotatable bonds is 12. The number of hydrogen-bond donors (Lipinski definition) is 2. The predicted octanol–water partition coefficient (Wildman–Crippen LogP) is 6.84. The third-order valence-electron chi connectivity index (χ3n) is 6.33. The molecule has 4 rings (SSSR count). The van der Waals surface area contributed by atoms with Crippen molar-refractivity contribution in [3.05, 3.63) is 119 Å². The second kappa shape index (κ2) is 13.9. The zero-order valence-corrected chi connectivity index (χ0v) is 24.2. The van der Waals surface area contributed by atoms with Crippen LogP contribution in [0.4, 0.5) is 11.4 Å². The van der Waals surface area contributed by atoms with Crippen LogP contribution in [0, 0.1) is 13.8 Å². The highest BCUT2D eigenvalue weighted by Crippen LogP contribution is 2.29. The minimum absolute atomic E-state index is 0.161. The first-order valence-electron chi connectivity index (χ1n) is 13.3. The summed E-state index contributed by atoms with van der Waals surface area (Å²) >= 11 is 0. The van der Waals surface area contributed by atoms with Gasteiger partial charge in [-0.3, -0.25) is 9.59 Å². The molecule has 0 heterocycles. The molecule has 4 aromatic rings. The van der Waals surface area contributed by atoms with Crippen molar-refractivity contribution in [3.8, 4) is 23.0 Å². The number of hydrogen-bond acceptors (Lipinski definition) is 6. The highest BCUT2D eigenvalue weighted by Gasteiger charge is 2.14. The van der Waals surface area contributed by atoms with Gasteiger partial charge < -0.3 is 29.6 Å². The van der Waals surface area contributed by atoms with Crippen LogP contribution in [0.15, 0.2) is 97.1 Å². The van der Waals surface area contributed by atoms with Crippen LogP contribution >= 0.6 is 0 Å². The number of carbonyl (C=O) groups is 2. The van der Waals surface area contributed by atoms with Crippen molar-refractivity contribution in [2.24, 2.45) is 0 Å². The van der Waals surface area contributed by atoms with E-state index in [0.717, 1.165) is 11.1 Å². The molecule has 0 aliphatic carbocycles. The molecule has 8 heteroatoms. The van der Waals surface area contributed by atoms with E-state index in [9.17, 15) is 9.59 Å². The third-order valence-corrected chi connectivity index (χ3v) is 6.33. The molecule has 0 aliphatic rings. The Morgan fingerprint density at radius 1 is 0.619 bits per heavy atom. The van der Waals surface area contributed by atoms with Crippen molar-refractivity contribution in [1.29, 1.82) is 0 Å². The average Bonchev–Trinajstić information content (AvgIpc) is 3.00. The normalized spacial score (nSPS) is 10.4. The molecule has 2 amide bonds. The fourth-order valence-corrected chi connectivity index (χ4v) is 4.01. The Morgan fingerprint density at radius 2 is 1.00 bits per heavy atom. The van der Waals surface area contributed by atoms with Crippen LogP contribution in [0.3, 0.4) is 0 Å². The van der Waals surface area contributed by atoms with Crippen molar-refractivity contribution >= 4 is 23.2 Å². The number of carbonyl (C=O) groups excluding carboxylic acids is 2. The van der Waals surface area contributed by atoms with Crippen molar-refractivity contribution in [2.45, 2.75) is 13.8 Å². The molecule has 0 aromatic heterocycles. The lowest BCUT2D eigenvalue weighted by Crippen LogP contribution is -2.15. The SMILES string of the molecule is C=C(COc1ccc(C)cc1NC(=O)c1ccc(OC)cc1)COc1ccc(C)cc1NC(=O)c1ccc(OC)cc1. The predicted molar refractivity (Wildman–Crippen MR) is 164 cm³/mol. The molecule has 0 saturated heterocycles. The molecule has 0 unspecified atom stereocenters. The van der Waals surface area contributed by atoms with Gasteiger partial charge in [-0.2, -0.15) is 0 Å². The number of anilines is 2. The maximum Gasteiger partial charge on any atom is 0.255 e. The molecule has 0 radical (unpaired) electrons. The molecule has 216 valence electrons. The minimum Gasteiger partial charge on any atom is -0.497 e. The highest BCUT2D eigenvalue weighted by molar-refractivity contribution is 6.05. The Kier molecular flexibility index (Phi) is 9.84. The summed E-state index contributed by atoms with van der Waals surface area (Å²) in [5.74, 6) is 1.82. The van der Waals surface area contributed by atoms with Gasteiger partial charge in [0.25, 0.3) is 11.8 Å². The molecule has 0 saturated carbocycles. The highest BCUT2D eigenvalue weighted by atomic mass is 16.5. The van der Waals surface area contributed by atoms with Crippen LogP contribution in [0.25, 0.3) is 0 Å². The van der Waals surface area contributed by atoms with Crippen molar-refractivity contribution in [2.75, 3.05) is 38.1 Å². The number of aryl methyl sites for hydroxylation is 2. The van der Waals surface area contributed by atoms with Crippen LogP contribution in [-0.2, 0) is 0 Å². The van der Waals surface area contributed by atoms with Gasteiger partial charge in [0, 0.05) is 11.1 Å². The fourth-order valence-electron chi connectivity index (χ4n) is 4.01. The number of nitrogens with one attached hydrogen (secondary N) is 2. The van der Waals surface area contributed by atoms with E-state index in [-0.39, 0.29) is 25.0 Å². The van der Waals surface area contributed by atoms with Crippen molar-refractivity contribution < 1.29 is 28.5 Å². The molecule has 4 aromatic carbocycles. The summed E-state index contributed by atoms with van der Waals surface area (Å²) in [6.07, 6.45) is 0. The Hall–Kier alpha value is -5.24. The van der Waals surface area contributed by atoms with Crippen LogP contribution in [0.2, 0.25) is 0 Å². The first-order valence-corrected chi connectivity index (χ1v) is 13.3. The van der Waals surface area contributed by atoms with Gasteiger partial charge >= 0.3 is 0 Å². The summed E-state index contributed by atoms with van der Waals surface area (Å²) in [5.41, 5.74) is 4.69. The molecule has 8 nitrogen and oxygen atoms in total. The smallest absolute Gasteiger partial charge is 0.255 e. The summed E-state index contributed by atoms with van der Waals surface area (Å²) in [6.45, 7) is 8.28. The Labute approximate surface area is 245 Å². The molecular formula is C34H34N2O6. The van der Waals surface area contributed by atoms with Crippen LogP contribution in [-0.4, -0.2) is 39.2 Å². The summed E-state index contributed by atoms with van der Waals surface area (Å²) in [4.78, 5) is 25.7. The molecule has 0 fully saturated rings. The molecule has 42 heavy (non-hydrogen) atoms. The fraction of sp³-hybridized carbons (Fsp3) is 0.176. The lowest BCUT2D eigenvalue weighted by Gasteiger charge is -2.16. The third kappa shape index (κ3) is 7.91. The van der Waals surface area contributed by atoms with Gasteiger partial charge in [-0.15, -0.1) is 0 Å².